The maximum Gasteiger partial charge on any atom is 0.124 e. The number of rotatable bonds is 5. The molecule has 0 bridgehead atoms. The van der Waals surface area contributed by atoms with E-state index in [0.29, 0.717) is 22.5 Å². The van der Waals surface area contributed by atoms with Gasteiger partial charge in [0.15, 0.2) is 0 Å². The molecule has 3 N–H and O–H groups in total. The van der Waals surface area contributed by atoms with Crippen molar-refractivity contribution in [3.8, 4) is 0 Å². The monoisotopic (exact) mass is 267 g/mol. The van der Waals surface area contributed by atoms with Crippen LogP contribution >= 0.6 is 11.6 Å². The van der Waals surface area contributed by atoms with Gasteiger partial charge in [0.25, 0.3) is 0 Å². The zero-order valence-electron chi connectivity index (χ0n) is 11.5. The lowest BCUT2D eigenvalue weighted by atomic mass is 10.1. The maximum atomic E-state index is 7.68. The molecule has 0 amide bonds. The van der Waals surface area contributed by atoms with Crippen LogP contribution in [-0.2, 0) is 0 Å². The molecule has 0 radical (unpaired) electrons. The minimum absolute atomic E-state index is 0.0573. The molecule has 0 aliphatic heterocycles. The van der Waals surface area contributed by atoms with Crippen LogP contribution in [0.25, 0.3) is 0 Å². The Morgan fingerprint density at radius 3 is 2.39 bits per heavy atom. The normalized spacial score (nSPS) is 11.1. The van der Waals surface area contributed by atoms with E-state index < -0.39 is 0 Å². The summed E-state index contributed by atoms with van der Waals surface area (Å²) in [6.07, 6.45) is 0. The molecule has 1 aromatic carbocycles. The minimum atomic E-state index is 0.0573. The van der Waals surface area contributed by atoms with Gasteiger partial charge < -0.3 is 10.6 Å². The van der Waals surface area contributed by atoms with E-state index in [4.69, 9.17) is 22.7 Å². The van der Waals surface area contributed by atoms with Gasteiger partial charge in [-0.15, -0.1) is 0 Å². The second-order valence-electron chi connectivity index (χ2n) is 5.22. The highest BCUT2D eigenvalue weighted by Gasteiger charge is 2.17. The average Bonchev–Trinajstić information content (AvgIpc) is 2.25. The van der Waals surface area contributed by atoms with E-state index >= 15 is 0 Å². The summed E-state index contributed by atoms with van der Waals surface area (Å²) in [6, 6.07) is 5.90. The molecule has 1 aromatic rings. The van der Waals surface area contributed by atoms with Gasteiger partial charge in [0.05, 0.1) is 0 Å². The number of nitrogens with two attached hydrogens (primary N) is 1. The predicted molar refractivity (Wildman–Crippen MR) is 79.8 cm³/mol. The highest BCUT2D eigenvalue weighted by molar-refractivity contribution is 6.31. The van der Waals surface area contributed by atoms with Crippen molar-refractivity contribution >= 4 is 23.1 Å². The zero-order valence-corrected chi connectivity index (χ0v) is 12.3. The number of hydrogen-bond donors (Lipinski definition) is 2. The van der Waals surface area contributed by atoms with Gasteiger partial charge >= 0.3 is 0 Å². The molecule has 0 aromatic heterocycles. The molecular weight excluding hydrogens is 246 g/mol. The highest BCUT2D eigenvalue weighted by atomic mass is 35.5. The van der Waals surface area contributed by atoms with Crippen LogP contribution < -0.4 is 10.6 Å². The predicted octanol–water partition coefficient (Wildman–Crippen LogP) is 3.49. The lowest BCUT2D eigenvalue weighted by Gasteiger charge is -2.32. The molecule has 0 saturated heterocycles. The molecule has 0 unspecified atom stereocenters. The van der Waals surface area contributed by atoms with Crippen molar-refractivity contribution in [2.75, 3.05) is 11.4 Å². The standard InChI is InChI=1S/C14H22ClN3/c1-9(2)8-18(10(3)4)13-6-5-11(15)7-12(13)14(16)17/h5-7,9-10H,8H2,1-4H3,(H3,16,17). The number of nitrogens with zero attached hydrogens (tertiary/aromatic N) is 1. The van der Waals surface area contributed by atoms with Crippen LogP contribution in [0.2, 0.25) is 5.02 Å². The molecule has 0 fully saturated rings. The molecule has 0 atom stereocenters. The summed E-state index contributed by atoms with van der Waals surface area (Å²) in [5, 5.41) is 8.29. The Bertz CT molecular complexity index is 427. The number of anilines is 1. The molecule has 4 heteroatoms. The third-order valence-corrected chi connectivity index (χ3v) is 2.98. The Labute approximate surface area is 114 Å². The van der Waals surface area contributed by atoms with Crippen LogP contribution in [0.3, 0.4) is 0 Å². The van der Waals surface area contributed by atoms with Crippen molar-refractivity contribution in [2.24, 2.45) is 11.7 Å². The first kappa shape index (κ1) is 14.8. The number of amidine groups is 1. The maximum absolute atomic E-state index is 7.68. The Hall–Kier alpha value is -1.22. The molecule has 0 spiro atoms. The van der Waals surface area contributed by atoms with Crippen molar-refractivity contribution in [3.63, 3.8) is 0 Å². The molecule has 0 saturated carbocycles. The van der Waals surface area contributed by atoms with Crippen molar-refractivity contribution in [2.45, 2.75) is 33.7 Å². The fourth-order valence-electron chi connectivity index (χ4n) is 1.96. The first-order valence-electron chi connectivity index (χ1n) is 6.23. The van der Waals surface area contributed by atoms with Crippen molar-refractivity contribution < 1.29 is 0 Å². The molecule has 0 heterocycles. The summed E-state index contributed by atoms with van der Waals surface area (Å²) in [6.45, 7) is 9.57. The van der Waals surface area contributed by atoms with Gasteiger partial charge in [0.1, 0.15) is 5.84 Å². The van der Waals surface area contributed by atoms with E-state index in [1.54, 1.807) is 6.07 Å². The lowest BCUT2D eigenvalue weighted by molar-refractivity contribution is 0.571. The summed E-state index contributed by atoms with van der Waals surface area (Å²) in [7, 11) is 0. The molecule has 100 valence electrons. The van der Waals surface area contributed by atoms with Crippen LogP contribution in [0, 0.1) is 11.3 Å². The third-order valence-electron chi connectivity index (χ3n) is 2.74. The van der Waals surface area contributed by atoms with E-state index in [9.17, 15) is 0 Å². The first-order chi connectivity index (χ1) is 8.32. The molecule has 0 aliphatic carbocycles. The van der Waals surface area contributed by atoms with Gasteiger partial charge in [-0.25, -0.2) is 0 Å². The largest absolute Gasteiger partial charge is 0.384 e. The van der Waals surface area contributed by atoms with E-state index in [1.165, 1.54) is 0 Å². The quantitative estimate of drug-likeness (QED) is 0.634. The van der Waals surface area contributed by atoms with E-state index in [1.807, 2.05) is 12.1 Å². The summed E-state index contributed by atoms with van der Waals surface area (Å²) >= 11 is 5.98. The van der Waals surface area contributed by atoms with Crippen LogP contribution in [0.1, 0.15) is 33.3 Å². The number of hydrogen-bond acceptors (Lipinski definition) is 2. The lowest BCUT2D eigenvalue weighted by Crippen LogP contribution is -2.35. The van der Waals surface area contributed by atoms with Gasteiger partial charge in [-0.1, -0.05) is 25.4 Å². The van der Waals surface area contributed by atoms with Crippen LogP contribution in [0.5, 0.6) is 0 Å². The van der Waals surface area contributed by atoms with Crippen molar-refractivity contribution in [1.82, 2.24) is 0 Å². The Morgan fingerprint density at radius 2 is 1.94 bits per heavy atom. The summed E-state index contributed by atoms with van der Waals surface area (Å²) in [5.41, 5.74) is 7.34. The Kier molecular flexibility index (Phi) is 5.03. The summed E-state index contributed by atoms with van der Waals surface area (Å²) in [5.74, 6) is 0.602. The second kappa shape index (κ2) is 6.10. The summed E-state index contributed by atoms with van der Waals surface area (Å²) < 4.78 is 0. The number of nitrogens with one attached hydrogen (secondary N) is 1. The number of halogens is 1. The molecular formula is C14H22ClN3. The Morgan fingerprint density at radius 1 is 1.33 bits per heavy atom. The van der Waals surface area contributed by atoms with Gasteiger partial charge in [-0.05, 0) is 38.0 Å². The van der Waals surface area contributed by atoms with Crippen molar-refractivity contribution in [3.05, 3.63) is 28.8 Å². The van der Waals surface area contributed by atoms with E-state index in [-0.39, 0.29) is 5.84 Å². The smallest absolute Gasteiger partial charge is 0.124 e. The second-order valence-corrected chi connectivity index (χ2v) is 5.65. The minimum Gasteiger partial charge on any atom is -0.384 e. The first-order valence-corrected chi connectivity index (χ1v) is 6.61. The zero-order chi connectivity index (χ0) is 13.9. The van der Waals surface area contributed by atoms with Gasteiger partial charge in [-0.3, -0.25) is 5.41 Å². The average molecular weight is 268 g/mol. The van der Waals surface area contributed by atoms with Crippen molar-refractivity contribution in [1.29, 1.82) is 5.41 Å². The molecule has 0 aliphatic rings. The number of nitrogen functional groups attached to an aromatic ring is 1. The highest BCUT2D eigenvalue weighted by Crippen LogP contribution is 2.26. The van der Waals surface area contributed by atoms with Crippen LogP contribution in [0.15, 0.2) is 18.2 Å². The topological polar surface area (TPSA) is 53.1 Å². The third kappa shape index (κ3) is 3.64. The van der Waals surface area contributed by atoms with Gasteiger partial charge in [0, 0.05) is 28.9 Å². The van der Waals surface area contributed by atoms with E-state index in [0.717, 1.165) is 12.2 Å². The van der Waals surface area contributed by atoms with Gasteiger partial charge in [-0.2, -0.15) is 0 Å². The fourth-order valence-corrected chi connectivity index (χ4v) is 2.13. The van der Waals surface area contributed by atoms with Gasteiger partial charge in [0.2, 0.25) is 0 Å². The molecule has 18 heavy (non-hydrogen) atoms. The molecule has 3 nitrogen and oxygen atoms in total. The number of benzene rings is 1. The molecule has 1 rings (SSSR count). The SMILES string of the molecule is CC(C)CN(c1ccc(Cl)cc1C(=N)N)C(C)C. The summed E-state index contributed by atoms with van der Waals surface area (Å²) in [4.78, 5) is 2.26. The van der Waals surface area contributed by atoms with Crippen LogP contribution in [0.4, 0.5) is 5.69 Å². The van der Waals surface area contributed by atoms with Crippen LogP contribution in [-0.4, -0.2) is 18.4 Å². The van der Waals surface area contributed by atoms with E-state index in [2.05, 4.69) is 32.6 Å². The Balaban J connectivity index is 3.22. The fraction of sp³-hybridized carbons (Fsp3) is 0.500.